The summed E-state index contributed by atoms with van der Waals surface area (Å²) in [6, 6.07) is 22.9. The number of amides is 3. The molecule has 3 amide bonds. The Kier molecular flexibility index (Phi) is 22.6. The minimum atomic E-state index is -0.194. The Morgan fingerprint density at radius 3 is 1.94 bits per heavy atom. The van der Waals surface area contributed by atoms with Crippen molar-refractivity contribution < 1.29 is 23.9 Å². The van der Waals surface area contributed by atoms with Crippen LogP contribution in [0.5, 0.6) is 5.75 Å². The number of nitrogens with two attached hydrogens (primary N) is 1. The number of nitrogens with zero attached hydrogens (tertiary/aromatic N) is 7. The molecule has 0 aromatic heterocycles. The Balaban J connectivity index is 1.24. The van der Waals surface area contributed by atoms with Crippen molar-refractivity contribution >= 4 is 89.0 Å². The first-order valence-electron chi connectivity index (χ1n) is 26.8. The van der Waals surface area contributed by atoms with Gasteiger partial charge in [-0.1, -0.05) is 58.0 Å². The van der Waals surface area contributed by atoms with E-state index in [4.69, 9.17) is 15.5 Å². The number of allylic oxidation sites excluding steroid dienone is 2. The number of aliphatic imine (C=N–C) groups is 2. The van der Waals surface area contributed by atoms with Gasteiger partial charge in [-0.3, -0.25) is 19.2 Å². The fourth-order valence-corrected chi connectivity index (χ4v) is 10.5. The molecule has 410 valence electrons. The molecule has 0 atom stereocenters. The van der Waals surface area contributed by atoms with Gasteiger partial charge in [-0.05, 0) is 146 Å². The van der Waals surface area contributed by atoms with Crippen molar-refractivity contribution in [1.82, 2.24) is 24.3 Å². The Labute approximate surface area is 470 Å². The molecule has 4 aromatic carbocycles. The Morgan fingerprint density at radius 1 is 0.744 bits per heavy atom. The van der Waals surface area contributed by atoms with Gasteiger partial charge in [0.2, 0.25) is 11.8 Å². The monoisotopic (exact) mass is 1090 g/mol. The summed E-state index contributed by atoms with van der Waals surface area (Å²) in [4.78, 5) is 71.8. The van der Waals surface area contributed by atoms with Gasteiger partial charge < -0.3 is 34.8 Å². The van der Waals surface area contributed by atoms with Crippen LogP contribution in [0, 0.1) is 11.3 Å². The minimum absolute atomic E-state index is 0.0573. The van der Waals surface area contributed by atoms with Crippen LogP contribution in [-0.4, -0.2) is 126 Å². The molecule has 4 aromatic rings. The molecule has 0 bridgehead atoms. The lowest BCUT2D eigenvalue weighted by Gasteiger charge is -2.23. The van der Waals surface area contributed by atoms with E-state index >= 15 is 0 Å². The number of amidine groups is 2. The van der Waals surface area contributed by atoms with Crippen LogP contribution in [0.1, 0.15) is 123 Å². The molecule has 2 aliphatic rings. The van der Waals surface area contributed by atoms with Gasteiger partial charge in [0.25, 0.3) is 5.91 Å². The number of carbonyl (C=O) groups is 4. The summed E-state index contributed by atoms with van der Waals surface area (Å²) in [5.41, 5.74) is 16.3. The third kappa shape index (κ3) is 15.2. The van der Waals surface area contributed by atoms with Crippen LogP contribution in [0.15, 0.2) is 106 Å². The highest BCUT2D eigenvalue weighted by Gasteiger charge is 2.26. The molecular formula is C62H75N9O5S2. The van der Waals surface area contributed by atoms with E-state index in [-0.39, 0.29) is 30.6 Å². The first-order chi connectivity index (χ1) is 37.7. The Bertz CT molecular complexity index is 3050. The summed E-state index contributed by atoms with van der Waals surface area (Å²) >= 11 is 3.18. The highest BCUT2D eigenvalue weighted by Crippen LogP contribution is 2.40. The van der Waals surface area contributed by atoms with E-state index in [1.165, 1.54) is 11.9 Å². The van der Waals surface area contributed by atoms with Crippen molar-refractivity contribution in [2.24, 2.45) is 15.7 Å². The molecule has 2 aliphatic heterocycles. The summed E-state index contributed by atoms with van der Waals surface area (Å²) in [6.07, 6.45) is 16.0. The molecule has 78 heavy (non-hydrogen) atoms. The number of fused-ring (bicyclic) bond motifs is 2. The molecule has 14 nitrogen and oxygen atoms in total. The molecule has 0 saturated heterocycles. The number of hydrogen-bond donors (Lipinski definition) is 2. The summed E-state index contributed by atoms with van der Waals surface area (Å²) in [5, 5.41) is 10.3. The third-order valence-electron chi connectivity index (χ3n) is 13.4. The quantitative estimate of drug-likeness (QED) is 0.0367. The number of nitrogens with one attached hydrogen (secondary N) is 1. The number of benzene rings is 4. The first kappa shape index (κ1) is 59.9. The molecule has 0 saturated carbocycles. The molecule has 6 rings (SSSR count). The molecule has 0 fully saturated rings. The highest BCUT2D eigenvalue weighted by molar-refractivity contribution is 7.98. The molecule has 3 N–H and O–H groups in total. The van der Waals surface area contributed by atoms with E-state index in [0.29, 0.717) is 106 Å². The summed E-state index contributed by atoms with van der Waals surface area (Å²) in [5.74, 6) is 2.54. The van der Waals surface area contributed by atoms with Gasteiger partial charge in [0.15, 0.2) is 6.29 Å². The lowest BCUT2D eigenvalue weighted by molar-refractivity contribution is -0.128. The predicted octanol–water partition coefficient (Wildman–Crippen LogP) is 12.2. The van der Waals surface area contributed by atoms with Crippen LogP contribution >= 0.6 is 23.7 Å². The summed E-state index contributed by atoms with van der Waals surface area (Å²) in [6.45, 7) is 15.9. The molecule has 0 spiro atoms. The van der Waals surface area contributed by atoms with Crippen molar-refractivity contribution in [1.29, 1.82) is 5.26 Å². The molecular weight excluding hydrogens is 1010 g/mol. The van der Waals surface area contributed by atoms with E-state index in [1.54, 1.807) is 54.2 Å². The molecule has 0 unspecified atom stereocenters. The second-order valence-corrected chi connectivity index (χ2v) is 21.2. The first-order valence-corrected chi connectivity index (χ1v) is 29.2. The van der Waals surface area contributed by atoms with Crippen LogP contribution in [0.3, 0.4) is 0 Å². The molecule has 2 heterocycles. The second-order valence-electron chi connectivity index (χ2n) is 19.3. The smallest absolute Gasteiger partial charge is 0.257 e. The van der Waals surface area contributed by atoms with Crippen LogP contribution in [0.4, 0.5) is 11.4 Å². The van der Waals surface area contributed by atoms with Gasteiger partial charge in [0, 0.05) is 116 Å². The van der Waals surface area contributed by atoms with Gasteiger partial charge in [0.1, 0.15) is 17.4 Å². The van der Waals surface area contributed by atoms with E-state index in [0.717, 1.165) is 77.8 Å². The minimum Gasteiger partial charge on any atom is -0.496 e. The number of ether oxygens (including phenoxy) is 1. The third-order valence-corrected chi connectivity index (χ3v) is 14.8. The fourth-order valence-electron chi connectivity index (χ4n) is 9.38. The highest BCUT2D eigenvalue weighted by atomic mass is 32.2. The second kappa shape index (κ2) is 29.4. The molecule has 16 heteroatoms. The zero-order valence-corrected chi connectivity index (χ0v) is 48.4. The lowest BCUT2D eigenvalue weighted by atomic mass is 9.95. The van der Waals surface area contributed by atoms with Crippen molar-refractivity contribution in [2.75, 3.05) is 71.2 Å². The SMILES string of the molecule is C/C=C\N(CCSNC1=Nc2cc(-c3ccc(C=O)c(/C=C(/C)N(C)CCSC)c3)cc(OC)c2C=C(C(=O)N(CCC)CCC)C1)C(=O)c1ccc(-c2cc(C#N)c3c(c2)N=C(N)CC(C(=O)N(CCC)CCC)=C3)cc1. The van der Waals surface area contributed by atoms with E-state index in [9.17, 15) is 24.4 Å². The number of nitriles is 1. The molecule has 0 aliphatic carbocycles. The number of rotatable bonds is 25. The zero-order valence-electron chi connectivity index (χ0n) is 46.8. The summed E-state index contributed by atoms with van der Waals surface area (Å²) in [7, 11) is 3.67. The number of carbonyl (C=O) groups excluding carboxylic acids is 4. The number of methoxy groups -OCH3 is 1. The van der Waals surface area contributed by atoms with Crippen LogP contribution < -0.4 is 15.2 Å². The van der Waals surface area contributed by atoms with E-state index in [2.05, 4.69) is 47.8 Å². The predicted molar refractivity (Wildman–Crippen MR) is 324 cm³/mol. The maximum absolute atomic E-state index is 14.4. The van der Waals surface area contributed by atoms with Crippen LogP contribution in [0.2, 0.25) is 0 Å². The van der Waals surface area contributed by atoms with Crippen LogP contribution in [0.25, 0.3) is 40.5 Å². The maximum Gasteiger partial charge on any atom is 0.257 e. The van der Waals surface area contributed by atoms with Gasteiger partial charge in [-0.25, -0.2) is 9.98 Å². The van der Waals surface area contributed by atoms with Gasteiger partial charge in [0.05, 0.1) is 30.1 Å². The standard InChI is InChI=1S/C62H75N9O5S2/c1-10-21-69(22-11-2)61(74)50-33-53-52(40-63)32-48(35-55(53)65-58(64)38-50)43-15-17-44(18-16-43)60(73)71(25-14-5)27-29-78-67-59-39-51(62(75)70(23-12-3)24-13-4)34-54-56(66-59)36-49(37-57(54)76-8)45-19-20-46(41-72)47(31-45)30-42(6)68(7)26-28-77-9/h14-20,25,30-37,41H,10-13,21-24,26-29,38-39H2,1-9H3,(H2,64,65)(H,66,67)/b25-14-,42-30-. The largest absolute Gasteiger partial charge is 0.496 e. The zero-order chi connectivity index (χ0) is 56.3. The van der Waals surface area contributed by atoms with Crippen molar-refractivity contribution in [3.05, 3.63) is 129 Å². The van der Waals surface area contributed by atoms with Crippen molar-refractivity contribution in [3.8, 4) is 34.1 Å². The van der Waals surface area contributed by atoms with E-state index < -0.39 is 0 Å². The topological polar surface area (TPSA) is 177 Å². The molecule has 0 radical (unpaired) electrons. The lowest BCUT2D eigenvalue weighted by Crippen LogP contribution is -2.34. The van der Waals surface area contributed by atoms with Gasteiger partial charge >= 0.3 is 0 Å². The number of thioether (sulfide) groups is 1. The fraction of sp³-hybridized carbons (Fsp3) is 0.371. The van der Waals surface area contributed by atoms with Crippen molar-refractivity contribution in [2.45, 2.75) is 80.1 Å². The Morgan fingerprint density at radius 2 is 1.35 bits per heavy atom. The van der Waals surface area contributed by atoms with Crippen LogP contribution in [-0.2, 0) is 9.59 Å². The number of hydrogen-bond acceptors (Lipinski definition) is 13. The number of aldehydes is 1. The van der Waals surface area contributed by atoms with Crippen molar-refractivity contribution in [3.63, 3.8) is 0 Å². The normalized spacial score (nSPS) is 13.1. The average molecular weight is 1090 g/mol. The van der Waals surface area contributed by atoms with E-state index in [1.807, 2.05) is 104 Å². The average Bonchev–Trinajstić information content (AvgIpc) is 3.75. The summed E-state index contributed by atoms with van der Waals surface area (Å²) < 4.78 is 9.50. The Hall–Kier alpha value is -7.35. The maximum atomic E-state index is 14.4. The van der Waals surface area contributed by atoms with Gasteiger partial charge in [-0.2, -0.15) is 17.0 Å². The van der Waals surface area contributed by atoms with Gasteiger partial charge in [-0.15, -0.1) is 0 Å².